The van der Waals surface area contributed by atoms with E-state index in [-0.39, 0.29) is 17.1 Å². The third-order valence-corrected chi connectivity index (χ3v) is 2.87. The Morgan fingerprint density at radius 1 is 1.24 bits per heavy atom. The number of carbonyl (C=O) groups is 1. The molecule has 0 aliphatic rings. The molecule has 110 valence electrons. The molecule has 21 heavy (non-hydrogen) atoms. The molecule has 0 saturated carbocycles. The maximum atomic E-state index is 12.4. The molecule has 2 aromatic rings. The minimum atomic E-state index is -4.46. The van der Waals surface area contributed by atoms with Gasteiger partial charge in [-0.1, -0.05) is 23.7 Å². The minimum absolute atomic E-state index is 0.0647. The lowest BCUT2D eigenvalue weighted by Gasteiger charge is -2.08. The second-order valence-corrected chi connectivity index (χ2v) is 4.62. The number of ketones is 1. The van der Waals surface area contributed by atoms with Crippen molar-refractivity contribution in [1.29, 1.82) is 0 Å². The molecular weight excluding hydrogens is 309 g/mol. The van der Waals surface area contributed by atoms with Crippen LogP contribution in [0.4, 0.5) is 13.2 Å². The van der Waals surface area contributed by atoms with E-state index in [4.69, 9.17) is 11.6 Å². The van der Waals surface area contributed by atoms with E-state index in [1.807, 2.05) is 0 Å². The van der Waals surface area contributed by atoms with Gasteiger partial charge in [0.1, 0.15) is 0 Å². The fourth-order valence-electron chi connectivity index (χ4n) is 1.63. The number of alkyl halides is 3. The average Bonchev–Trinajstić information content (AvgIpc) is 2.42. The van der Waals surface area contributed by atoms with E-state index in [2.05, 4.69) is 4.98 Å². The zero-order valence-electron chi connectivity index (χ0n) is 10.4. The van der Waals surface area contributed by atoms with Gasteiger partial charge in [-0.15, -0.1) is 0 Å². The standard InChI is InChI=1S/C13H8ClF3N2O2/c14-10-5-18-12(21)19(6-10)7-11(20)8-1-3-9(4-2-8)13(15,16)17/h1-6H,7H2. The Bertz CT molecular complexity index is 723. The summed E-state index contributed by atoms with van der Waals surface area (Å²) in [5.74, 6) is -0.519. The van der Waals surface area contributed by atoms with Gasteiger partial charge >= 0.3 is 11.9 Å². The van der Waals surface area contributed by atoms with Crippen molar-refractivity contribution in [2.24, 2.45) is 0 Å². The molecule has 1 aromatic carbocycles. The molecule has 0 bridgehead atoms. The highest BCUT2D eigenvalue weighted by molar-refractivity contribution is 6.30. The zero-order valence-corrected chi connectivity index (χ0v) is 11.1. The summed E-state index contributed by atoms with van der Waals surface area (Å²) in [6.07, 6.45) is -2.09. The Morgan fingerprint density at radius 3 is 2.43 bits per heavy atom. The predicted octanol–water partition coefficient (Wildman–Crippen LogP) is 2.80. The molecule has 1 heterocycles. The van der Waals surface area contributed by atoms with Gasteiger partial charge in [0.15, 0.2) is 5.78 Å². The van der Waals surface area contributed by atoms with Crippen LogP contribution in [0.1, 0.15) is 15.9 Å². The van der Waals surface area contributed by atoms with Crippen LogP contribution in [0.3, 0.4) is 0 Å². The summed E-state index contributed by atoms with van der Waals surface area (Å²) in [6.45, 7) is -0.349. The van der Waals surface area contributed by atoms with Crippen LogP contribution >= 0.6 is 11.6 Å². The second kappa shape index (κ2) is 5.69. The first kappa shape index (κ1) is 15.2. The van der Waals surface area contributed by atoms with Crippen molar-refractivity contribution in [1.82, 2.24) is 9.55 Å². The van der Waals surface area contributed by atoms with E-state index < -0.39 is 23.2 Å². The van der Waals surface area contributed by atoms with Crippen LogP contribution in [-0.4, -0.2) is 15.3 Å². The quantitative estimate of drug-likeness (QED) is 0.818. The van der Waals surface area contributed by atoms with Crippen LogP contribution in [0.25, 0.3) is 0 Å². The molecule has 0 radical (unpaired) electrons. The van der Waals surface area contributed by atoms with E-state index in [1.54, 1.807) is 0 Å². The summed E-state index contributed by atoms with van der Waals surface area (Å²) in [4.78, 5) is 26.8. The molecule has 0 spiro atoms. The molecular formula is C13H8ClF3N2O2. The normalized spacial score (nSPS) is 11.4. The monoisotopic (exact) mass is 316 g/mol. The number of halogens is 4. The van der Waals surface area contributed by atoms with Crippen molar-refractivity contribution >= 4 is 17.4 Å². The van der Waals surface area contributed by atoms with Gasteiger partial charge in [0.05, 0.1) is 23.3 Å². The topological polar surface area (TPSA) is 52.0 Å². The Labute approximate surface area is 121 Å². The maximum Gasteiger partial charge on any atom is 0.416 e. The van der Waals surface area contributed by atoms with Gasteiger partial charge in [0, 0.05) is 11.8 Å². The van der Waals surface area contributed by atoms with Crippen molar-refractivity contribution in [3.63, 3.8) is 0 Å². The fourth-order valence-corrected chi connectivity index (χ4v) is 1.80. The van der Waals surface area contributed by atoms with Crippen LogP contribution in [0.15, 0.2) is 41.5 Å². The van der Waals surface area contributed by atoms with Crippen LogP contribution in [0, 0.1) is 0 Å². The Kier molecular flexibility index (Phi) is 4.13. The highest BCUT2D eigenvalue weighted by atomic mass is 35.5. The number of carbonyl (C=O) groups excluding carboxylic acids is 1. The van der Waals surface area contributed by atoms with Crippen LogP contribution in [0.5, 0.6) is 0 Å². The Morgan fingerprint density at radius 2 is 1.86 bits per heavy atom. The lowest BCUT2D eigenvalue weighted by atomic mass is 10.1. The smallest absolute Gasteiger partial charge is 0.292 e. The number of nitrogens with zero attached hydrogens (tertiary/aromatic N) is 2. The Balaban J connectivity index is 2.21. The first-order chi connectivity index (χ1) is 9.77. The molecule has 0 unspecified atom stereocenters. The van der Waals surface area contributed by atoms with Crippen molar-refractivity contribution in [2.75, 3.05) is 0 Å². The van der Waals surface area contributed by atoms with E-state index >= 15 is 0 Å². The van der Waals surface area contributed by atoms with Crippen molar-refractivity contribution < 1.29 is 18.0 Å². The van der Waals surface area contributed by atoms with Crippen LogP contribution in [-0.2, 0) is 12.7 Å². The molecule has 0 aliphatic carbocycles. The molecule has 0 atom stereocenters. The number of benzene rings is 1. The first-order valence-electron chi connectivity index (χ1n) is 5.70. The average molecular weight is 317 g/mol. The largest absolute Gasteiger partial charge is 0.416 e. The van der Waals surface area contributed by atoms with Gasteiger partial charge in [0.25, 0.3) is 0 Å². The van der Waals surface area contributed by atoms with Gasteiger partial charge in [0.2, 0.25) is 0 Å². The summed E-state index contributed by atoms with van der Waals surface area (Å²) in [5.41, 5.74) is -1.45. The van der Waals surface area contributed by atoms with Gasteiger partial charge in [-0.2, -0.15) is 13.2 Å². The summed E-state index contributed by atoms with van der Waals surface area (Å²) in [5, 5.41) is 0.176. The fraction of sp³-hybridized carbons (Fsp3) is 0.154. The zero-order chi connectivity index (χ0) is 15.6. The molecule has 0 amide bonds. The molecule has 1 aromatic heterocycles. The summed E-state index contributed by atoms with van der Waals surface area (Å²) >= 11 is 5.66. The Hall–Kier alpha value is -2.15. The van der Waals surface area contributed by atoms with Crippen molar-refractivity contribution in [3.05, 3.63) is 63.3 Å². The predicted molar refractivity (Wildman–Crippen MR) is 69.3 cm³/mol. The second-order valence-electron chi connectivity index (χ2n) is 4.18. The van der Waals surface area contributed by atoms with Gasteiger partial charge < -0.3 is 0 Å². The number of hydrogen-bond acceptors (Lipinski definition) is 3. The van der Waals surface area contributed by atoms with Crippen molar-refractivity contribution in [3.8, 4) is 0 Å². The molecule has 0 N–H and O–H groups in total. The van der Waals surface area contributed by atoms with Crippen molar-refractivity contribution in [2.45, 2.75) is 12.7 Å². The lowest BCUT2D eigenvalue weighted by molar-refractivity contribution is -0.137. The summed E-state index contributed by atoms with van der Waals surface area (Å²) in [6, 6.07) is 3.75. The number of hydrogen-bond donors (Lipinski definition) is 0. The lowest BCUT2D eigenvalue weighted by Crippen LogP contribution is -2.25. The van der Waals surface area contributed by atoms with E-state index in [0.29, 0.717) is 0 Å². The number of Topliss-reactive ketones (excluding diaryl/α,β-unsaturated/α-hetero) is 1. The van der Waals surface area contributed by atoms with E-state index in [9.17, 15) is 22.8 Å². The summed E-state index contributed by atoms with van der Waals surface area (Å²) in [7, 11) is 0. The maximum absolute atomic E-state index is 12.4. The highest BCUT2D eigenvalue weighted by Gasteiger charge is 2.30. The molecule has 0 saturated heterocycles. The highest BCUT2D eigenvalue weighted by Crippen LogP contribution is 2.29. The molecule has 2 rings (SSSR count). The molecule has 4 nitrogen and oxygen atoms in total. The third kappa shape index (κ3) is 3.69. The third-order valence-electron chi connectivity index (χ3n) is 2.67. The van der Waals surface area contributed by atoms with Gasteiger partial charge in [-0.25, -0.2) is 9.78 Å². The van der Waals surface area contributed by atoms with Gasteiger partial charge in [-0.05, 0) is 12.1 Å². The van der Waals surface area contributed by atoms with E-state index in [0.717, 1.165) is 35.0 Å². The van der Waals surface area contributed by atoms with Crippen LogP contribution < -0.4 is 5.69 Å². The van der Waals surface area contributed by atoms with E-state index in [1.165, 1.54) is 6.20 Å². The molecule has 8 heteroatoms. The first-order valence-corrected chi connectivity index (χ1v) is 6.07. The minimum Gasteiger partial charge on any atom is -0.292 e. The van der Waals surface area contributed by atoms with Crippen LogP contribution in [0.2, 0.25) is 5.02 Å². The van der Waals surface area contributed by atoms with Gasteiger partial charge in [-0.3, -0.25) is 9.36 Å². The molecule has 0 fully saturated rings. The number of aromatic nitrogens is 2. The number of rotatable bonds is 3. The molecule has 0 aliphatic heterocycles. The summed E-state index contributed by atoms with van der Waals surface area (Å²) < 4.78 is 38.2. The SMILES string of the molecule is O=C(Cn1cc(Cl)cnc1=O)c1ccc(C(F)(F)F)cc1.